The molecule has 1 unspecified atom stereocenters. The van der Waals surface area contributed by atoms with Crippen molar-refractivity contribution >= 4 is 34.3 Å². The van der Waals surface area contributed by atoms with Gasteiger partial charge in [0.25, 0.3) is 5.91 Å². The fraction of sp³-hybridized carbons (Fsp3) is 0.167. The minimum absolute atomic E-state index is 0.108. The number of anilines is 2. The molecule has 5 rings (SSSR count). The number of carbonyl (C=O) groups is 2. The Balaban J connectivity index is 1.55. The summed E-state index contributed by atoms with van der Waals surface area (Å²) in [5.74, 6) is -0.806. The Labute approximate surface area is 193 Å². The number of nitrogens with zero attached hydrogens (tertiary/aromatic N) is 3. The molecule has 0 saturated carbocycles. The summed E-state index contributed by atoms with van der Waals surface area (Å²) >= 11 is 0. The number of aromatic nitrogens is 4. The number of fused-ring (bicyclic) bond motifs is 2. The third kappa shape index (κ3) is 3.79. The number of halogens is 1. The SMILES string of the molecule is CCOC(=O)c1cc2n(n1)C(c1ccc(F)cc1)C(C(=O)Nc1ccc3[nH]ncc3c1)=C(C)N2. The molecular formula is C24H21FN6O3. The summed E-state index contributed by atoms with van der Waals surface area (Å²) in [4.78, 5) is 25.8. The maximum Gasteiger partial charge on any atom is 0.358 e. The summed E-state index contributed by atoms with van der Waals surface area (Å²) in [6.45, 7) is 3.69. The highest BCUT2D eigenvalue weighted by Crippen LogP contribution is 2.37. The lowest BCUT2D eigenvalue weighted by molar-refractivity contribution is -0.113. The molecule has 0 radical (unpaired) electrons. The molecule has 0 spiro atoms. The molecule has 1 aliphatic rings. The Kier molecular flexibility index (Phi) is 5.33. The summed E-state index contributed by atoms with van der Waals surface area (Å²) in [6.07, 6.45) is 1.67. The van der Waals surface area contributed by atoms with Crippen molar-refractivity contribution in [3.05, 3.63) is 83.1 Å². The zero-order valence-electron chi connectivity index (χ0n) is 18.4. The number of amides is 1. The summed E-state index contributed by atoms with van der Waals surface area (Å²) < 4.78 is 20.3. The third-order valence-corrected chi connectivity index (χ3v) is 5.59. The van der Waals surface area contributed by atoms with Crippen molar-refractivity contribution in [2.45, 2.75) is 19.9 Å². The quantitative estimate of drug-likeness (QED) is 0.388. The average molecular weight is 460 g/mol. The van der Waals surface area contributed by atoms with Crippen molar-refractivity contribution < 1.29 is 18.7 Å². The molecule has 0 fully saturated rings. The van der Waals surface area contributed by atoms with E-state index in [9.17, 15) is 14.0 Å². The molecule has 2 aromatic carbocycles. The number of nitrogens with one attached hydrogen (secondary N) is 3. The Bertz CT molecular complexity index is 1440. The third-order valence-electron chi connectivity index (χ3n) is 5.59. The van der Waals surface area contributed by atoms with Crippen LogP contribution in [0.5, 0.6) is 0 Å². The Morgan fingerprint density at radius 3 is 2.74 bits per heavy atom. The van der Waals surface area contributed by atoms with Crippen molar-refractivity contribution in [1.82, 2.24) is 20.0 Å². The van der Waals surface area contributed by atoms with Gasteiger partial charge in [-0.25, -0.2) is 13.9 Å². The highest BCUT2D eigenvalue weighted by molar-refractivity contribution is 6.06. The maximum absolute atomic E-state index is 13.7. The molecule has 1 amide bonds. The van der Waals surface area contributed by atoms with E-state index in [2.05, 4.69) is 25.9 Å². The predicted octanol–water partition coefficient (Wildman–Crippen LogP) is 4.00. The topological polar surface area (TPSA) is 114 Å². The first-order chi connectivity index (χ1) is 16.4. The molecule has 1 atom stereocenters. The van der Waals surface area contributed by atoms with Gasteiger partial charge in [0, 0.05) is 22.8 Å². The number of benzene rings is 2. The Morgan fingerprint density at radius 1 is 1.18 bits per heavy atom. The molecule has 2 aromatic heterocycles. The van der Waals surface area contributed by atoms with E-state index in [1.807, 2.05) is 12.1 Å². The van der Waals surface area contributed by atoms with Gasteiger partial charge in [-0.05, 0) is 49.7 Å². The first-order valence-corrected chi connectivity index (χ1v) is 10.7. The smallest absolute Gasteiger partial charge is 0.358 e. The monoisotopic (exact) mass is 460 g/mol. The summed E-state index contributed by atoms with van der Waals surface area (Å²) in [7, 11) is 0. The van der Waals surface area contributed by atoms with Crippen LogP contribution in [0.1, 0.15) is 35.9 Å². The van der Waals surface area contributed by atoms with Crippen LogP contribution in [0.25, 0.3) is 10.9 Å². The van der Waals surface area contributed by atoms with Gasteiger partial charge in [0.1, 0.15) is 17.7 Å². The van der Waals surface area contributed by atoms with Crippen LogP contribution in [0, 0.1) is 5.82 Å². The van der Waals surface area contributed by atoms with E-state index in [4.69, 9.17) is 4.74 Å². The standard InChI is InChI=1S/C24H21FN6O3/c1-3-34-24(33)19-11-20-27-13(2)21(22(31(20)30-19)14-4-6-16(25)7-5-14)23(32)28-17-8-9-18-15(10-17)12-26-29-18/h4-12,22,27H,3H2,1-2H3,(H,26,29)(H,28,32). The van der Waals surface area contributed by atoms with Crippen LogP contribution < -0.4 is 10.6 Å². The lowest BCUT2D eigenvalue weighted by Gasteiger charge is -2.29. The molecular weight excluding hydrogens is 439 g/mol. The number of carbonyl (C=O) groups excluding carboxylic acids is 2. The number of hydrogen-bond donors (Lipinski definition) is 3. The summed E-state index contributed by atoms with van der Waals surface area (Å²) in [5, 5.41) is 18.2. The van der Waals surface area contributed by atoms with Crippen LogP contribution in [0.2, 0.25) is 0 Å². The number of H-pyrrole nitrogens is 1. The number of rotatable bonds is 5. The molecule has 3 heterocycles. The van der Waals surface area contributed by atoms with Crippen molar-refractivity contribution in [2.24, 2.45) is 0 Å². The second-order valence-corrected chi connectivity index (χ2v) is 7.82. The van der Waals surface area contributed by atoms with Crippen molar-refractivity contribution in [3.8, 4) is 0 Å². The highest BCUT2D eigenvalue weighted by Gasteiger charge is 2.34. The van der Waals surface area contributed by atoms with Gasteiger partial charge in [-0.3, -0.25) is 9.89 Å². The predicted molar refractivity (Wildman–Crippen MR) is 124 cm³/mol. The molecule has 34 heavy (non-hydrogen) atoms. The molecule has 0 saturated heterocycles. The molecule has 1 aliphatic heterocycles. The molecule has 3 N–H and O–H groups in total. The average Bonchev–Trinajstić information content (AvgIpc) is 3.45. The number of allylic oxidation sites excluding steroid dienone is 1. The van der Waals surface area contributed by atoms with Crippen LogP contribution in [0.4, 0.5) is 15.9 Å². The number of hydrogen-bond acceptors (Lipinski definition) is 6. The highest BCUT2D eigenvalue weighted by atomic mass is 19.1. The molecule has 10 heteroatoms. The van der Waals surface area contributed by atoms with E-state index >= 15 is 0 Å². The Hall–Kier alpha value is -4.47. The Morgan fingerprint density at radius 2 is 1.97 bits per heavy atom. The lowest BCUT2D eigenvalue weighted by Crippen LogP contribution is -2.31. The lowest BCUT2D eigenvalue weighted by atomic mass is 9.94. The van der Waals surface area contributed by atoms with Crippen molar-refractivity contribution in [2.75, 3.05) is 17.2 Å². The first-order valence-electron chi connectivity index (χ1n) is 10.7. The first kappa shape index (κ1) is 21.4. The minimum Gasteiger partial charge on any atom is -0.461 e. The maximum atomic E-state index is 13.7. The fourth-order valence-electron chi connectivity index (χ4n) is 4.04. The van der Waals surface area contributed by atoms with E-state index in [1.165, 1.54) is 12.1 Å². The van der Waals surface area contributed by atoms with Gasteiger partial charge < -0.3 is 15.4 Å². The number of ether oxygens (including phenoxy) is 1. The zero-order valence-corrected chi connectivity index (χ0v) is 18.4. The van der Waals surface area contributed by atoms with Crippen molar-refractivity contribution in [1.29, 1.82) is 0 Å². The summed E-state index contributed by atoms with van der Waals surface area (Å²) in [6, 6.07) is 12.1. The van der Waals surface area contributed by atoms with Crippen LogP contribution in [-0.4, -0.2) is 38.5 Å². The van der Waals surface area contributed by atoms with Crippen molar-refractivity contribution in [3.63, 3.8) is 0 Å². The van der Waals surface area contributed by atoms with Gasteiger partial charge in [-0.2, -0.15) is 10.2 Å². The summed E-state index contributed by atoms with van der Waals surface area (Å²) in [5.41, 5.74) is 3.15. The van der Waals surface area contributed by atoms with Crippen LogP contribution in [0.3, 0.4) is 0 Å². The molecule has 0 bridgehead atoms. The van der Waals surface area contributed by atoms with Gasteiger partial charge in [-0.1, -0.05) is 12.1 Å². The largest absolute Gasteiger partial charge is 0.461 e. The molecule has 172 valence electrons. The van der Waals surface area contributed by atoms with E-state index in [0.29, 0.717) is 28.3 Å². The fourth-order valence-corrected chi connectivity index (χ4v) is 4.04. The number of esters is 1. The normalized spacial score (nSPS) is 15.1. The van der Waals surface area contributed by atoms with Gasteiger partial charge in [0.05, 0.1) is 23.9 Å². The van der Waals surface area contributed by atoms with Crippen LogP contribution in [0.15, 0.2) is 66.0 Å². The molecule has 9 nitrogen and oxygen atoms in total. The van der Waals surface area contributed by atoms with Crippen LogP contribution in [-0.2, 0) is 9.53 Å². The van der Waals surface area contributed by atoms with Gasteiger partial charge in [0.15, 0.2) is 5.69 Å². The van der Waals surface area contributed by atoms with Gasteiger partial charge in [-0.15, -0.1) is 0 Å². The molecule has 0 aliphatic carbocycles. The van der Waals surface area contributed by atoms with E-state index < -0.39 is 17.8 Å². The van der Waals surface area contributed by atoms with Gasteiger partial charge >= 0.3 is 5.97 Å². The van der Waals surface area contributed by atoms with Crippen LogP contribution >= 0.6 is 0 Å². The number of aromatic amines is 1. The van der Waals surface area contributed by atoms with Gasteiger partial charge in [0.2, 0.25) is 0 Å². The second kappa shape index (κ2) is 8.47. The minimum atomic E-state index is -0.697. The zero-order chi connectivity index (χ0) is 23.8. The van der Waals surface area contributed by atoms with E-state index in [0.717, 1.165) is 10.9 Å². The van der Waals surface area contributed by atoms with E-state index in [1.54, 1.807) is 49.0 Å². The molecule has 4 aromatic rings. The van der Waals surface area contributed by atoms with E-state index in [-0.39, 0.29) is 18.2 Å². The second-order valence-electron chi connectivity index (χ2n) is 7.82.